The molecule has 0 aliphatic heterocycles. The van der Waals surface area contributed by atoms with Crippen LogP contribution in [0.15, 0.2) is 67.4 Å². The summed E-state index contributed by atoms with van der Waals surface area (Å²) < 4.78 is 0. The Morgan fingerprint density at radius 3 is 2.44 bits per heavy atom. The number of pyridine rings is 1. The Morgan fingerprint density at radius 1 is 0.944 bits per heavy atom. The molecule has 3 nitrogen and oxygen atoms in total. The fourth-order valence-electron chi connectivity index (χ4n) is 2.16. The van der Waals surface area contributed by atoms with Gasteiger partial charge in [0, 0.05) is 18.6 Å². The molecule has 0 aliphatic rings. The van der Waals surface area contributed by atoms with Gasteiger partial charge in [-0.2, -0.15) is 0 Å². The standard InChI is InChI=1S/C15H13N3/c1-2-5-12(6-3-1)15(14-10-17-11-18-14)13-7-4-8-16-9-13/h1-11,15H,(H,17,18). The van der Waals surface area contributed by atoms with E-state index in [1.165, 1.54) is 5.56 Å². The number of aromatic amines is 1. The summed E-state index contributed by atoms with van der Waals surface area (Å²) in [6.07, 6.45) is 7.33. The molecular weight excluding hydrogens is 222 g/mol. The summed E-state index contributed by atoms with van der Waals surface area (Å²) in [5.41, 5.74) is 3.38. The normalized spacial score (nSPS) is 12.2. The summed E-state index contributed by atoms with van der Waals surface area (Å²) in [4.78, 5) is 11.6. The average Bonchev–Trinajstić information content (AvgIpc) is 2.95. The first-order valence-corrected chi connectivity index (χ1v) is 5.88. The maximum atomic E-state index is 4.39. The summed E-state index contributed by atoms with van der Waals surface area (Å²) in [6.45, 7) is 0. The predicted octanol–water partition coefficient (Wildman–Crippen LogP) is 2.98. The van der Waals surface area contributed by atoms with Gasteiger partial charge in [-0.25, -0.2) is 4.98 Å². The molecule has 2 heterocycles. The highest BCUT2D eigenvalue weighted by molar-refractivity contribution is 5.38. The summed E-state index contributed by atoms with van der Waals surface area (Å²) in [6, 6.07) is 14.4. The number of imidazole rings is 1. The molecule has 0 amide bonds. The molecule has 0 saturated carbocycles. The molecule has 1 N–H and O–H groups in total. The topological polar surface area (TPSA) is 41.6 Å². The van der Waals surface area contributed by atoms with E-state index < -0.39 is 0 Å². The lowest BCUT2D eigenvalue weighted by Gasteiger charge is -2.15. The maximum Gasteiger partial charge on any atom is 0.0923 e. The Hall–Kier alpha value is -2.42. The van der Waals surface area contributed by atoms with Crippen molar-refractivity contribution in [1.29, 1.82) is 0 Å². The summed E-state index contributed by atoms with van der Waals surface area (Å²) in [5, 5.41) is 0. The first-order chi connectivity index (χ1) is 8.95. The van der Waals surface area contributed by atoms with Gasteiger partial charge in [-0.15, -0.1) is 0 Å². The van der Waals surface area contributed by atoms with E-state index in [1.54, 1.807) is 12.5 Å². The van der Waals surface area contributed by atoms with Crippen molar-refractivity contribution in [1.82, 2.24) is 15.0 Å². The lowest BCUT2D eigenvalue weighted by atomic mass is 9.90. The van der Waals surface area contributed by atoms with Crippen LogP contribution < -0.4 is 0 Å². The molecular formula is C15H13N3. The van der Waals surface area contributed by atoms with Crippen LogP contribution in [0.1, 0.15) is 22.7 Å². The molecule has 0 spiro atoms. The van der Waals surface area contributed by atoms with Crippen LogP contribution in [0.4, 0.5) is 0 Å². The van der Waals surface area contributed by atoms with Crippen molar-refractivity contribution in [3.05, 3.63) is 84.2 Å². The van der Waals surface area contributed by atoms with Crippen molar-refractivity contribution in [3.8, 4) is 0 Å². The smallest absolute Gasteiger partial charge is 0.0923 e. The van der Waals surface area contributed by atoms with Crippen LogP contribution >= 0.6 is 0 Å². The second kappa shape index (κ2) is 4.84. The van der Waals surface area contributed by atoms with E-state index in [-0.39, 0.29) is 5.92 Å². The SMILES string of the molecule is c1ccc(C(c2cccnc2)c2c[nH]cn2)cc1. The number of benzene rings is 1. The van der Waals surface area contributed by atoms with Gasteiger partial charge in [0.1, 0.15) is 0 Å². The van der Waals surface area contributed by atoms with Crippen LogP contribution in [0, 0.1) is 0 Å². The van der Waals surface area contributed by atoms with E-state index in [9.17, 15) is 0 Å². The van der Waals surface area contributed by atoms with Gasteiger partial charge in [-0.3, -0.25) is 4.98 Å². The van der Waals surface area contributed by atoms with Gasteiger partial charge < -0.3 is 4.98 Å². The highest BCUT2D eigenvalue weighted by Crippen LogP contribution is 2.29. The zero-order chi connectivity index (χ0) is 12.2. The second-order valence-corrected chi connectivity index (χ2v) is 4.12. The summed E-state index contributed by atoms with van der Waals surface area (Å²) >= 11 is 0. The van der Waals surface area contributed by atoms with Gasteiger partial charge in [-0.1, -0.05) is 36.4 Å². The van der Waals surface area contributed by atoms with Crippen molar-refractivity contribution in [3.63, 3.8) is 0 Å². The number of nitrogens with zero attached hydrogens (tertiary/aromatic N) is 2. The predicted molar refractivity (Wildman–Crippen MR) is 70.2 cm³/mol. The van der Waals surface area contributed by atoms with Gasteiger partial charge in [0.15, 0.2) is 0 Å². The molecule has 18 heavy (non-hydrogen) atoms. The van der Waals surface area contributed by atoms with E-state index in [4.69, 9.17) is 0 Å². The fraction of sp³-hybridized carbons (Fsp3) is 0.0667. The Morgan fingerprint density at radius 2 is 1.78 bits per heavy atom. The van der Waals surface area contributed by atoms with E-state index in [2.05, 4.69) is 33.2 Å². The summed E-state index contributed by atoms with van der Waals surface area (Å²) in [7, 11) is 0. The summed E-state index contributed by atoms with van der Waals surface area (Å²) in [5.74, 6) is 0.131. The Balaban J connectivity index is 2.11. The molecule has 3 rings (SSSR count). The molecule has 0 fully saturated rings. The first kappa shape index (κ1) is 10.7. The number of hydrogen-bond donors (Lipinski definition) is 1. The molecule has 1 aromatic carbocycles. The monoisotopic (exact) mass is 235 g/mol. The molecule has 0 radical (unpaired) electrons. The van der Waals surface area contributed by atoms with Crippen molar-refractivity contribution >= 4 is 0 Å². The van der Waals surface area contributed by atoms with Crippen LogP contribution in [-0.2, 0) is 0 Å². The molecule has 3 heteroatoms. The third-order valence-corrected chi connectivity index (χ3v) is 2.97. The number of hydrogen-bond acceptors (Lipinski definition) is 2. The lowest BCUT2D eigenvalue weighted by Crippen LogP contribution is -2.03. The quantitative estimate of drug-likeness (QED) is 0.758. The van der Waals surface area contributed by atoms with E-state index in [0.29, 0.717) is 0 Å². The van der Waals surface area contributed by atoms with Gasteiger partial charge in [0.05, 0.1) is 17.9 Å². The van der Waals surface area contributed by atoms with E-state index >= 15 is 0 Å². The minimum Gasteiger partial charge on any atom is -0.351 e. The van der Waals surface area contributed by atoms with Gasteiger partial charge in [-0.05, 0) is 17.2 Å². The van der Waals surface area contributed by atoms with Crippen molar-refractivity contribution < 1.29 is 0 Å². The molecule has 0 bridgehead atoms. The molecule has 3 aromatic rings. The lowest BCUT2D eigenvalue weighted by molar-refractivity contribution is 0.923. The van der Waals surface area contributed by atoms with Crippen molar-refractivity contribution in [2.45, 2.75) is 5.92 Å². The first-order valence-electron chi connectivity index (χ1n) is 5.88. The number of nitrogens with one attached hydrogen (secondary N) is 1. The van der Waals surface area contributed by atoms with Crippen LogP contribution in [0.5, 0.6) is 0 Å². The van der Waals surface area contributed by atoms with E-state index in [0.717, 1.165) is 11.3 Å². The van der Waals surface area contributed by atoms with Gasteiger partial charge >= 0.3 is 0 Å². The van der Waals surface area contributed by atoms with Crippen molar-refractivity contribution in [2.75, 3.05) is 0 Å². The highest BCUT2D eigenvalue weighted by Gasteiger charge is 2.18. The third-order valence-electron chi connectivity index (χ3n) is 2.97. The molecule has 88 valence electrons. The van der Waals surface area contributed by atoms with Crippen LogP contribution in [-0.4, -0.2) is 15.0 Å². The fourth-order valence-corrected chi connectivity index (χ4v) is 2.16. The molecule has 2 aromatic heterocycles. The minimum atomic E-state index is 0.131. The zero-order valence-electron chi connectivity index (χ0n) is 9.82. The number of aromatic nitrogens is 3. The van der Waals surface area contributed by atoms with E-state index in [1.807, 2.05) is 36.7 Å². The molecule has 1 atom stereocenters. The van der Waals surface area contributed by atoms with Crippen LogP contribution in [0.25, 0.3) is 0 Å². The van der Waals surface area contributed by atoms with Crippen molar-refractivity contribution in [2.24, 2.45) is 0 Å². The van der Waals surface area contributed by atoms with Gasteiger partial charge in [0.25, 0.3) is 0 Å². The highest BCUT2D eigenvalue weighted by atomic mass is 14.9. The Labute approximate surface area is 106 Å². The number of rotatable bonds is 3. The Bertz CT molecular complexity index is 549. The second-order valence-electron chi connectivity index (χ2n) is 4.12. The Kier molecular flexibility index (Phi) is 2.88. The number of H-pyrrole nitrogens is 1. The minimum absolute atomic E-state index is 0.131. The zero-order valence-corrected chi connectivity index (χ0v) is 9.82. The molecule has 1 unspecified atom stereocenters. The molecule has 0 aliphatic carbocycles. The molecule has 0 saturated heterocycles. The third kappa shape index (κ3) is 2.02. The van der Waals surface area contributed by atoms with Crippen LogP contribution in [0.3, 0.4) is 0 Å². The van der Waals surface area contributed by atoms with Crippen LogP contribution in [0.2, 0.25) is 0 Å². The largest absolute Gasteiger partial charge is 0.351 e. The average molecular weight is 235 g/mol. The van der Waals surface area contributed by atoms with Gasteiger partial charge in [0.2, 0.25) is 0 Å². The maximum absolute atomic E-state index is 4.39.